The van der Waals surface area contributed by atoms with E-state index in [9.17, 15) is 14.4 Å². The minimum absolute atomic E-state index is 0.0788. The molecule has 3 amide bonds. The minimum Gasteiger partial charge on any atom is -0.338 e. The van der Waals surface area contributed by atoms with Gasteiger partial charge in [-0.25, -0.2) is 4.79 Å². The molecule has 34 heavy (non-hydrogen) atoms. The second kappa shape index (κ2) is 10.4. The number of hydrogen-bond acceptors (Lipinski definition) is 3. The number of carbonyl (C=O) groups excluding carboxylic acids is 3. The Morgan fingerprint density at radius 1 is 1.15 bits per heavy atom. The molecule has 4 rings (SSSR count). The van der Waals surface area contributed by atoms with Crippen molar-refractivity contribution in [3.05, 3.63) is 81.4 Å². The van der Waals surface area contributed by atoms with Gasteiger partial charge in [-0.3, -0.25) is 9.59 Å². The van der Waals surface area contributed by atoms with Crippen LogP contribution in [0.1, 0.15) is 58.3 Å². The van der Waals surface area contributed by atoms with E-state index in [2.05, 4.69) is 17.2 Å². The van der Waals surface area contributed by atoms with Gasteiger partial charge >= 0.3 is 6.03 Å². The maximum absolute atomic E-state index is 13.0. The number of Topliss-reactive ketones (excluding diaryl/α,β-unsaturated/α-hetero) is 1. The van der Waals surface area contributed by atoms with E-state index >= 15 is 0 Å². The van der Waals surface area contributed by atoms with Crippen LogP contribution < -0.4 is 10.6 Å². The molecule has 1 fully saturated rings. The SMILES string of the molecule is C=C1CCCC(N2Cc3cc(CNC(=O)NCCc4ccc(C)c(Cl)c4)ccc3C2=O)C(=O)C1. The molecule has 0 radical (unpaired) electrons. The van der Waals surface area contributed by atoms with Gasteiger partial charge in [0.1, 0.15) is 0 Å². The summed E-state index contributed by atoms with van der Waals surface area (Å²) in [7, 11) is 0. The molecule has 0 spiro atoms. The molecule has 1 atom stereocenters. The molecule has 2 aromatic carbocycles. The molecule has 2 aromatic rings. The minimum atomic E-state index is -0.380. The van der Waals surface area contributed by atoms with Gasteiger partial charge in [0.2, 0.25) is 0 Å². The fraction of sp³-hybridized carbons (Fsp3) is 0.370. The van der Waals surface area contributed by atoms with Gasteiger partial charge in [-0.05, 0) is 67.0 Å². The topological polar surface area (TPSA) is 78.5 Å². The van der Waals surface area contributed by atoms with Gasteiger partial charge in [0.25, 0.3) is 5.91 Å². The van der Waals surface area contributed by atoms with Crippen molar-refractivity contribution in [2.45, 2.75) is 58.2 Å². The first kappa shape index (κ1) is 24.0. The van der Waals surface area contributed by atoms with E-state index in [1.54, 1.807) is 11.0 Å². The van der Waals surface area contributed by atoms with Gasteiger partial charge in [-0.15, -0.1) is 0 Å². The lowest BCUT2D eigenvalue weighted by molar-refractivity contribution is -0.122. The molecule has 1 saturated carbocycles. The van der Waals surface area contributed by atoms with Crippen molar-refractivity contribution >= 4 is 29.3 Å². The molecule has 1 heterocycles. The van der Waals surface area contributed by atoms with Crippen molar-refractivity contribution in [1.29, 1.82) is 0 Å². The maximum Gasteiger partial charge on any atom is 0.315 e. The molecular formula is C27H30ClN3O3. The summed E-state index contributed by atoms with van der Waals surface area (Å²) in [6.07, 6.45) is 3.44. The Labute approximate surface area is 205 Å². The largest absolute Gasteiger partial charge is 0.338 e. The Hall–Kier alpha value is -3.12. The Balaban J connectivity index is 1.29. The molecule has 6 nitrogen and oxygen atoms in total. The summed E-state index contributed by atoms with van der Waals surface area (Å²) in [5.74, 6) is -0.00977. The van der Waals surface area contributed by atoms with Gasteiger partial charge in [-0.1, -0.05) is 48.0 Å². The number of allylic oxidation sites excluding steroid dienone is 1. The van der Waals surface area contributed by atoms with E-state index in [1.807, 2.05) is 37.3 Å². The highest BCUT2D eigenvalue weighted by Gasteiger charge is 2.36. The Morgan fingerprint density at radius 2 is 1.94 bits per heavy atom. The van der Waals surface area contributed by atoms with Crippen LogP contribution in [0.15, 0.2) is 48.6 Å². The summed E-state index contributed by atoms with van der Waals surface area (Å²) in [6, 6.07) is 10.9. The monoisotopic (exact) mass is 479 g/mol. The first-order valence-corrected chi connectivity index (χ1v) is 12.1. The normalized spacial score (nSPS) is 18.0. The van der Waals surface area contributed by atoms with Crippen molar-refractivity contribution in [3.63, 3.8) is 0 Å². The number of aryl methyl sites for hydroxylation is 1. The summed E-state index contributed by atoms with van der Waals surface area (Å²) >= 11 is 6.15. The highest BCUT2D eigenvalue weighted by Crippen LogP contribution is 2.30. The molecule has 2 N–H and O–H groups in total. The third-order valence-electron chi connectivity index (χ3n) is 6.57. The number of halogens is 1. The van der Waals surface area contributed by atoms with Crippen LogP contribution in [-0.2, 0) is 24.3 Å². The van der Waals surface area contributed by atoms with Crippen LogP contribution in [0.4, 0.5) is 4.79 Å². The Kier molecular flexibility index (Phi) is 7.37. The third-order valence-corrected chi connectivity index (χ3v) is 6.98. The van der Waals surface area contributed by atoms with E-state index in [0.29, 0.717) is 44.5 Å². The maximum atomic E-state index is 13.0. The molecule has 1 aliphatic carbocycles. The second-order valence-corrected chi connectivity index (χ2v) is 9.58. The van der Waals surface area contributed by atoms with Crippen molar-refractivity contribution < 1.29 is 14.4 Å². The number of ketones is 1. The summed E-state index contributed by atoms with van der Waals surface area (Å²) in [6.45, 7) is 7.20. The first-order chi connectivity index (χ1) is 16.3. The molecule has 2 aliphatic rings. The highest BCUT2D eigenvalue weighted by molar-refractivity contribution is 6.31. The second-order valence-electron chi connectivity index (χ2n) is 9.17. The van der Waals surface area contributed by atoms with Gasteiger partial charge in [-0.2, -0.15) is 0 Å². The number of amides is 3. The van der Waals surface area contributed by atoms with Gasteiger partial charge in [0, 0.05) is 36.6 Å². The number of nitrogens with one attached hydrogen (secondary N) is 2. The van der Waals surface area contributed by atoms with Gasteiger partial charge in [0.05, 0.1) is 6.04 Å². The molecule has 178 valence electrons. The molecular weight excluding hydrogens is 450 g/mol. The predicted molar refractivity (Wildman–Crippen MR) is 133 cm³/mol. The van der Waals surface area contributed by atoms with E-state index in [-0.39, 0.29) is 23.8 Å². The van der Waals surface area contributed by atoms with Crippen LogP contribution in [0.25, 0.3) is 0 Å². The molecule has 1 unspecified atom stereocenters. The van der Waals surface area contributed by atoms with E-state index in [4.69, 9.17) is 11.6 Å². The highest BCUT2D eigenvalue weighted by atomic mass is 35.5. The third kappa shape index (κ3) is 5.50. The number of nitrogens with zero attached hydrogens (tertiary/aromatic N) is 1. The van der Waals surface area contributed by atoms with Crippen molar-refractivity contribution in [3.8, 4) is 0 Å². The van der Waals surface area contributed by atoms with E-state index in [0.717, 1.165) is 45.7 Å². The van der Waals surface area contributed by atoms with Crippen LogP contribution in [-0.4, -0.2) is 35.2 Å². The summed E-state index contributed by atoms with van der Waals surface area (Å²) in [5.41, 5.74) is 5.50. The molecule has 0 aromatic heterocycles. The number of urea groups is 1. The zero-order valence-corrected chi connectivity index (χ0v) is 20.2. The fourth-order valence-electron chi connectivity index (χ4n) is 4.60. The smallest absolute Gasteiger partial charge is 0.315 e. The van der Waals surface area contributed by atoms with Crippen molar-refractivity contribution in [2.24, 2.45) is 0 Å². The predicted octanol–water partition coefficient (Wildman–Crippen LogP) is 4.71. The molecule has 7 heteroatoms. The molecule has 1 aliphatic heterocycles. The lowest BCUT2D eigenvalue weighted by Crippen LogP contribution is -2.40. The van der Waals surface area contributed by atoms with E-state index < -0.39 is 0 Å². The van der Waals surface area contributed by atoms with E-state index in [1.165, 1.54) is 0 Å². The average Bonchev–Trinajstić information content (AvgIpc) is 3.02. The van der Waals surface area contributed by atoms with Crippen LogP contribution >= 0.6 is 11.6 Å². The number of hydrogen-bond donors (Lipinski definition) is 2. The van der Waals surface area contributed by atoms with Crippen LogP contribution in [0.3, 0.4) is 0 Å². The number of fused-ring (bicyclic) bond motifs is 1. The summed E-state index contributed by atoms with van der Waals surface area (Å²) in [4.78, 5) is 39.5. The zero-order chi connectivity index (χ0) is 24.2. The Morgan fingerprint density at radius 3 is 2.74 bits per heavy atom. The summed E-state index contributed by atoms with van der Waals surface area (Å²) < 4.78 is 0. The van der Waals surface area contributed by atoms with Crippen LogP contribution in [0, 0.1) is 6.92 Å². The number of benzene rings is 2. The van der Waals surface area contributed by atoms with Gasteiger partial charge < -0.3 is 15.5 Å². The van der Waals surface area contributed by atoms with Crippen molar-refractivity contribution in [1.82, 2.24) is 15.5 Å². The van der Waals surface area contributed by atoms with Crippen molar-refractivity contribution in [2.75, 3.05) is 6.54 Å². The average molecular weight is 480 g/mol. The summed E-state index contributed by atoms with van der Waals surface area (Å²) in [5, 5.41) is 6.45. The number of rotatable bonds is 6. The van der Waals surface area contributed by atoms with Crippen LogP contribution in [0.2, 0.25) is 5.02 Å². The molecule has 0 bridgehead atoms. The fourth-order valence-corrected chi connectivity index (χ4v) is 4.81. The van der Waals surface area contributed by atoms with Crippen LogP contribution in [0.5, 0.6) is 0 Å². The Bertz CT molecular complexity index is 1140. The van der Waals surface area contributed by atoms with Gasteiger partial charge in [0.15, 0.2) is 5.78 Å². The zero-order valence-electron chi connectivity index (χ0n) is 19.5. The lowest BCUT2D eigenvalue weighted by Gasteiger charge is -2.25. The quantitative estimate of drug-likeness (QED) is 0.465. The first-order valence-electron chi connectivity index (χ1n) is 11.7. The lowest BCUT2D eigenvalue weighted by atomic mass is 10.1. The molecule has 0 saturated heterocycles. The standard InChI is InChI=1S/C27H30ClN3O3/c1-17-4-3-5-24(25(32)12-17)31-16-21-13-20(8-9-22(21)26(31)33)15-30-27(34)29-11-10-19-7-6-18(2)23(28)14-19/h6-9,13-14,24H,1,3-5,10-12,15-16H2,2H3,(H2,29,30,34). The number of carbonyl (C=O) groups is 3.